The molecule has 0 spiro atoms. The number of fused-ring (bicyclic) bond motifs is 1. The zero-order valence-electron chi connectivity index (χ0n) is 11.0. The van der Waals surface area contributed by atoms with E-state index in [1.165, 1.54) is 0 Å². The number of nitrogens with zero attached hydrogens (tertiary/aromatic N) is 2. The Bertz CT molecular complexity index is 671. The molecular weight excluding hydrogens is 234 g/mol. The topological polar surface area (TPSA) is 29.3 Å². The van der Waals surface area contributed by atoms with Gasteiger partial charge < -0.3 is 9.72 Å². The summed E-state index contributed by atoms with van der Waals surface area (Å²) < 4.78 is 2.07. The van der Waals surface area contributed by atoms with Crippen molar-refractivity contribution in [3.05, 3.63) is 54.9 Å². The van der Waals surface area contributed by atoms with E-state index in [-0.39, 0.29) is 0 Å². The maximum absolute atomic E-state index is 4.64. The number of pyridine rings is 1. The maximum atomic E-state index is 4.64. The minimum absolute atomic E-state index is 0.973. The summed E-state index contributed by atoms with van der Waals surface area (Å²) in [5.41, 5.74) is 4.26. The van der Waals surface area contributed by atoms with Crippen LogP contribution >= 0.6 is 0 Å². The molecule has 3 rings (SSSR count). The lowest BCUT2D eigenvalue weighted by Crippen LogP contribution is -2.00. The molecule has 0 saturated heterocycles. The average Bonchev–Trinajstić information content (AvgIpc) is 2.89. The first-order chi connectivity index (χ1) is 9.36. The zero-order valence-corrected chi connectivity index (χ0v) is 11.0. The van der Waals surface area contributed by atoms with Gasteiger partial charge in [0, 0.05) is 24.5 Å². The van der Waals surface area contributed by atoms with Gasteiger partial charge >= 0.3 is 0 Å². The van der Waals surface area contributed by atoms with Crippen LogP contribution in [0.25, 0.3) is 16.9 Å². The first-order valence-electron chi connectivity index (χ1n) is 6.65. The molecule has 1 N–H and O–H groups in total. The summed E-state index contributed by atoms with van der Waals surface area (Å²) >= 11 is 0. The van der Waals surface area contributed by atoms with Crippen LogP contribution in [-0.4, -0.2) is 15.9 Å². The van der Waals surface area contributed by atoms with Gasteiger partial charge in [0.25, 0.3) is 0 Å². The van der Waals surface area contributed by atoms with Crippen LogP contribution in [-0.2, 0) is 0 Å². The fourth-order valence-corrected chi connectivity index (χ4v) is 2.11. The highest BCUT2D eigenvalue weighted by atomic mass is 15.0. The molecule has 0 unspecified atom stereocenters. The molecule has 0 fully saturated rings. The summed E-state index contributed by atoms with van der Waals surface area (Å²) in [4.78, 5) is 4.64. The van der Waals surface area contributed by atoms with E-state index in [9.17, 15) is 0 Å². The van der Waals surface area contributed by atoms with Crippen molar-refractivity contribution in [2.24, 2.45) is 0 Å². The summed E-state index contributed by atoms with van der Waals surface area (Å²) in [5.74, 6) is 0. The third kappa shape index (κ3) is 2.45. The fraction of sp³-hybridized carbons (Fsp3) is 0.188. The summed E-state index contributed by atoms with van der Waals surface area (Å²) in [6, 6.07) is 14.4. The second kappa shape index (κ2) is 5.14. The van der Waals surface area contributed by atoms with Crippen molar-refractivity contribution in [3.63, 3.8) is 0 Å². The molecule has 1 aromatic carbocycles. The number of hydrogen-bond acceptors (Lipinski definition) is 2. The van der Waals surface area contributed by atoms with E-state index >= 15 is 0 Å². The Balaban J connectivity index is 1.97. The molecule has 0 aliphatic heterocycles. The normalized spacial score (nSPS) is 10.8. The molecule has 0 amide bonds. The Morgan fingerprint density at radius 2 is 1.89 bits per heavy atom. The fourth-order valence-electron chi connectivity index (χ4n) is 2.11. The number of rotatable bonds is 4. The van der Waals surface area contributed by atoms with Crippen molar-refractivity contribution < 1.29 is 0 Å². The van der Waals surface area contributed by atoms with Gasteiger partial charge in [-0.25, -0.2) is 4.98 Å². The molecule has 0 aliphatic rings. The Morgan fingerprint density at radius 3 is 2.68 bits per heavy atom. The van der Waals surface area contributed by atoms with Crippen molar-refractivity contribution in [3.8, 4) is 11.3 Å². The van der Waals surface area contributed by atoms with E-state index in [0.29, 0.717) is 0 Å². The highest BCUT2D eigenvalue weighted by Crippen LogP contribution is 2.20. The van der Waals surface area contributed by atoms with Gasteiger partial charge in [-0.3, -0.25) is 0 Å². The molecule has 0 atom stereocenters. The van der Waals surface area contributed by atoms with E-state index in [0.717, 1.165) is 35.6 Å². The molecule has 19 heavy (non-hydrogen) atoms. The van der Waals surface area contributed by atoms with Crippen LogP contribution in [0.3, 0.4) is 0 Å². The van der Waals surface area contributed by atoms with Crippen LogP contribution < -0.4 is 5.32 Å². The Kier molecular flexibility index (Phi) is 3.19. The molecule has 3 aromatic rings. The van der Waals surface area contributed by atoms with Gasteiger partial charge in [-0.05, 0) is 18.6 Å². The molecular formula is C16H17N3. The van der Waals surface area contributed by atoms with Crippen LogP contribution in [0.15, 0.2) is 54.9 Å². The second-order valence-corrected chi connectivity index (χ2v) is 4.60. The van der Waals surface area contributed by atoms with E-state index in [1.54, 1.807) is 0 Å². The van der Waals surface area contributed by atoms with Gasteiger partial charge in [-0.15, -0.1) is 0 Å². The Labute approximate surface area is 112 Å². The lowest BCUT2D eigenvalue weighted by atomic mass is 10.2. The standard InChI is InChI=1S/C16H17N3/c1-2-10-17-14-8-9-16-18-15(12-19(16)11-14)13-6-4-3-5-7-13/h3-9,11-12,17H,2,10H2,1H3. The number of nitrogens with one attached hydrogen (secondary N) is 1. The largest absolute Gasteiger partial charge is 0.384 e. The van der Waals surface area contributed by atoms with Crippen LogP contribution in [0.1, 0.15) is 13.3 Å². The van der Waals surface area contributed by atoms with E-state index in [1.807, 2.05) is 24.3 Å². The van der Waals surface area contributed by atoms with Crippen LogP contribution in [0.4, 0.5) is 5.69 Å². The molecule has 0 radical (unpaired) electrons. The lowest BCUT2D eigenvalue weighted by molar-refractivity contribution is 0.976. The average molecular weight is 251 g/mol. The van der Waals surface area contributed by atoms with E-state index in [2.05, 4.69) is 52.2 Å². The molecule has 0 saturated carbocycles. The highest BCUT2D eigenvalue weighted by molar-refractivity contribution is 5.63. The summed E-state index contributed by atoms with van der Waals surface area (Å²) in [6.45, 7) is 3.15. The highest BCUT2D eigenvalue weighted by Gasteiger charge is 2.04. The molecule has 3 heteroatoms. The van der Waals surface area contributed by atoms with Crippen LogP contribution in [0.2, 0.25) is 0 Å². The monoisotopic (exact) mass is 251 g/mol. The SMILES string of the molecule is CCCNc1ccc2nc(-c3ccccc3)cn2c1. The van der Waals surface area contributed by atoms with Crippen LogP contribution in [0.5, 0.6) is 0 Å². The number of anilines is 1. The first-order valence-corrected chi connectivity index (χ1v) is 6.65. The third-order valence-corrected chi connectivity index (χ3v) is 3.10. The van der Waals surface area contributed by atoms with Gasteiger partial charge in [0.2, 0.25) is 0 Å². The van der Waals surface area contributed by atoms with Gasteiger partial charge in [0.1, 0.15) is 5.65 Å². The van der Waals surface area contributed by atoms with Gasteiger partial charge in [0.15, 0.2) is 0 Å². The van der Waals surface area contributed by atoms with E-state index in [4.69, 9.17) is 0 Å². The number of imidazole rings is 1. The minimum Gasteiger partial charge on any atom is -0.384 e. The van der Waals surface area contributed by atoms with Crippen LogP contribution in [0, 0.1) is 0 Å². The summed E-state index contributed by atoms with van der Waals surface area (Å²) in [7, 11) is 0. The van der Waals surface area contributed by atoms with Gasteiger partial charge in [-0.1, -0.05) is 37.3 Å². The minimum atomic E-state index is 0.973. The lowest BCUT2D eigenvalue weighted by Gasteiger charge is -2.04. The van der Waals surface area contributed by atoms with Crippen molar-refractivity contribution in [2.75, 3.05) is 11.9 Å². The quantitative estimate of drug-likeness (QED) is 0.763. The van der Waals surface area contributed by atoms with Crippen molar-refractivity contribution in [1.29, 1.82) is 0 Å². The second-order valence-electron chi connectivity index (χ2n) is 4.60. The number of hydrogen-bond donors (Lipinski definition) is 1. The third-order valence-electron chi connectivity index (χ3n) is 3.10. The summed E-state index contributed by atoms with van der Waals surface area (Å²) in [6.07, 6.45) is 5.28. The Morgan fingerprint density at radius 1 is 1.05 bits per heavy atom. The maximum Gasteiger partial charge on any atom is 0.137 e. The molecule has 0 aliphatic carbocycles. The zero-order chi connectivity index (χ0) is 13.1. The van der Waals surface area contributed by atoms with Crippen molar-refractivity contribution in [2.45, 2.75) is 13.3 Å². The first kappa shape index (κ1) is 11.8. The number of benzene rings is 1. The smallest absolute Gasteiger partial charge is 0.137 e. The predicted octanol–water partition coefficient (Wildman–Crippen LogP) is 3.82. The Hall–Kier alpha value is -2.29. The van der Waals surface area contributed by atoms with E-state index < -0.39 is 0 Å². The van der Waals surface area contributed by atoms with Gasteiger partial charge in [0.05, 0.1) is 11.4 Å². The van der Waals surface area contributed by atoms with Crippen molar-refractivity contribution in [1.82, 2.24) is 9.38 Å². The number of aromatic nitrogens is 2. The molecule has 2 aromatic heterocycles. The summed E-state index contributed by atoms with van der Waals surface area (Å²) in [5, 5.41) is 3.39. The predicted molar refractivity (Wildman–Crippen MR) is 79.4 cm³/mol. The molecule has 96 valence electrons. The van der Waals surface area contributed by atoms with Gasteiger partial charge in [-0.2, -0.15) is 0 Å². The van der Waals surface area contributed by atoms with Crippen molar-refractivity contribution >= 4 is 11.3 Å². The molecule has 3 nitrogen and oxygen atoms in total. The molecule has 0 bridgehead atoms. The molecule has 2 heterocycles.